The molecular formula is C15H27NOS. The van der Waals surface area contributed by atoms with Crippen LogP contribution in [0.3, 0.4) is 0 Å². The fourth-order valence-electron chi connectivity index (χ4n) is 2.00. The van der Waals surface area contributed by atoms with Crippen LogP contribution in [-0.4, -0.2) is 6.61 Å². The summed E-state index contributed by atoms with van der Waals surface area (Å²) >= 11 is 1.79. The summed E-state index contributed by atoms with van der Waals surface area (Å²) in [5.74, 6) is 0. The fourth-order valence-corrected chi connectivity index (χ4v) is 2.92. The fraction of sp³-hybridized carbons (Fsp3) is 0.733. The lowest BCUT2D eigenvalue weighted by Crippen LogP contribution is -1.96. The highest BCUT2D eigenvalue weighted by molar-refractivity contribution is 7.12. The predicted molar refractivity (Wildman–Crippen MR) is 80.0 cm³/mol. The highest BCUT2D eigenvalue weighted by Crippen LogP contribution is 2.21. The summed E-state index contributed by atoms with van der Waals surface area (Å²) in [6.45, 7) is 6.68. The highest BCUT2D eigenvalue weighted by atomic mass is 32.1. The SMILES string of the molecule is CCCCCCCCOCc1cc(CN)sc1C. The number of nitrogens with two attached hydrogens (primary N) is 1. The Kier molecular flexibility index (Phi) is 8.31. The average Bonchev–Trinajstić information content (AvgIpc) is 2.73. The van der Waals surface area contributed by atoms with Crippen LogP contribution in [-0.2, 0) is 17.9 Å². The van der Waals surface area contributed by atoms with E-state index in [1.165, 1.54) is 53.8 Å². The first-order valence-corrected chi connectivity index (χ1v) is 7.95. The van der Waals surface area contributed by atoms with E-state index in [1.807, 2.05) is 0 Å². The van der Waals surface area contributed by atoms with Crippen molar-refractivity contribution >= 4 is 11.3 Å². The number of unbranched alkanes of at least 4 members (excludes halogenated alkanes) is 5. The third kappa shape index (κ3) is 5.98. The summed E-state index contributed by atoms with van der Waals surface area (Å²) < 4.78 is 5.73. The number of ether oxygens (including phenoxy) is 1. The zero-order chi connectivity index (χ0) is 13.2. The van der Waals surface area contributed by atoms with Gasteiger partial charge in [-0.2, -0.15) is 0 Å². The van der Waals surface area contributed by atoms with Gasteiger partial charge >= 0.3 is 0 Å². The smallest absolute Gasteiger partial charge is 0.0727 e. The molecule has 0 radical (unpaired) electrons. The molecule has 1 aromatic heterocycles. The van der Waals surface area contributed by atoms with E-state index in [4.69, 9.17) is 10.5 Å². The molecule has 0 aliphatic carbocycles. The van der Waals surface area contributed by atoms with E-state index in [9.17, 15) is 0 Å². The monoisotopic (exact) mass is 269 g/mol. The van der Waals surface area contributed by atoms with E-state index in [0.717, 1.165) is 13.2 Å². The first kappa shape index (κ1) is 15.7. The molecule has 0 saturated carbocycles. The van der Waals surface area contributed by atoms with Gasteiger partial charge in [-0.3, -0.25) is 0 Å². The highest BCUT2D eigenvalue weighted by Gasteiger charge is 2.04. The van der Waals surface area contributed by atoms with Gasteiger partial charge in [0.2, 0.25) is 0 Å². The second-order valence-corrected chi connectivity index (χ2v) is 6.16. The first-order chi connectivity index (χ1) is 8.77. The normalized spacial score (nSPS) is 11.1. The van der Waals surface area contributed by atoms with Crippen molar-refractivity contribution in [2.75, 3.05) is 6.61 Å². The molecule has 0 saturated heterocycles. The summed E-state index contributed by atoms with van der Waals surface area (Å²) in [4.78, 5) is 2.60. The molecule has 3 heteroatoms. The molecular weight excluding hydrogens is 242 g/mol. The minimum Gasteiger partial charge on any atom is -0.377 e. The minimum atomic E-state index is 0.642. The Bertz CT molecular complexity index is 322. The lowest BCUT2D eigenvalue weighted by Gasteiger charge is -2.04. The van der Waals surface area contributed by atoms with E-state index in [2.05, 4.69) is 19.9 Å². The Balaban J connectivity index is 2.05. The van der Waals surface area contributed by atoms with Crippen LogP contribution in [0.2, 0.25) is 0 Å². The Hall–Kier alpha value is -0.380. The van der Waals surface area contributed by atoms with E-state index < -0.39 is 0 Å². The van der Waals surface area contributed by atoms with Crippen molar-refractivity contribution < 1.29 is 4.74 Å². The van der Waals surface area contributed by atoms with Gasteiger partial charge in [0.1, 0.15) is 0 Å². The molecule has 0 amide bonds. The van der Waals surface area contributed by atoms with Crippen molar-refractivity contribution in [1.82, 2.24) is 0 Å². The molecule has 0 atom stereocenters. The molecule has 0 aromatic carbocycles. The summed E-state index contributed by atoms with van der Waals surface area (Å²) in [6, 6.07) is 2.18. The Labute approximate surface area is 116 Å². The van der Waals surface area contributed by atoms with Crippen LogP contribution >= 0.6 is 11.3 Å². The number of hydrogen-bond acceptors (Lipinski definition) is 3. The standard InChI is InChI=1S/C15H27NOS/c1-3-4-5-6-7-8-9-17-12-14-10-15(11-16)18-13(14)2/h10H,3-9,11-12,16H2,1-2H3. The van der Waals surface area contributed by atoms with Crippen molar-refractivity contribution in [3.05, 3.63) is 21.4 Å². The Morgan fingerprint density at radius 2 is 1.89 bits per heavy atom. The maximum atomic E-state index is 5.73. The molecule has 1 aromatic rings. The molecule has 2 nitrogen and oxygen atoms in total. The quantitative estimate of drug-likeness (QED) is 0.639. The second-order valence-electron chi connectivity index (χ2n) is 4.82. The average molecular weight is 269 g/mol. The topological polar surface area (TPSA) is 35.2 Å². The third-order valence-electron chi connectivity index (χ3n) is 3.17. The molecule has 104 valence electrons. The van der Waals surface area contributed by atoms with E-state index in [1.54, 1.807) is 11.3 Å². The van der Waals surface area contributed by atoms with E-state index >= 15 is 0 Å². The van der Waals surface area contributed by atoms with Crippen LogP contribution < -0.4 is 5.73 Å². The van der Waals surface area contributed by atoms with Gasteiger partial charge in [-0.25, -0.2) is 0 Å². The van der Waals surface area contributed by atoms with Gasteiger partial charge in [0.25, 0.3) is 0 Å². The molecule has 0 bridgehead atoms. The summed E-state index contributed by atoms with van der Waals surface area (Å²) in [5, 5.41) is 0. The maximum Gasteiger partial charge on any atom is 0.0727 e. The number of rotatable bonds is 10. The van der Waals surface area contributed by atoms with E-state index in [-0.39, 0.29) is 0 Å². The zero-order valence-electron chi connectivity index (χ0n) is 11.8. The Morgan fingerprint density at radius 1 is 1.17 bits per heavy atom. The van der Waals surface area contributed by atoms with Gasteiger partial charge in [-0.15, -0.1) is 11.3 Å². The summed E-state index contributed by atoms with van der Waals surface area (Å²) in [5.41, 5.74) is 6.95. The van der Waals surface area contributed by atoms with Crippen molar-refractivity contribution in [2.24, 2.45) is 5.73 Å². The van der Waals surface area contributed by atoms with Crippen LogP contribution in [0, 0.1) is 6.92 Å². The zero-order valence-corrected chi connectivity index (χ0v) is 12.7. The lowest BCUT2D eigenvalue weighted by atomic mass is 10.1. The molecule has 1 rings (SSSR count). The molecule has 0 aliphatic heterocycles. The summed E-state index contributed by atoms with van der Waals surface area (Å²) in [7, 11) is 0. The van der Waals surface area contributed by atoms with Crippen LogP contribution in [0.25, 0.3) is 0 Å². The van der Waals surface area contributed by atoms with Crippen LogP contribution in [0.1, 0.15) is 60.8 Å². The maximum absolute atomic E-state index is 5.73. The van der Waals surface area contributed by atoms with Gasteiger partial charge in [-0.1, -0.05) is 39.0 Å². The second kappa shape index (κ2) is 9.54. The Morgan fingerprint density at radius 3 is 2.56 bits per heavy atom. The minimum absolute atomic E-state index is 0.642. The third-order valence-corrected chi connectivity index (χ3v) is 4.29. The van der Waals surface area contributed by atoms with Crippen LogP contribution in [0.4, 0.5) is 0 Å². The van der Waals surface area contributed by atoms with Crippen molar-refractivity contribution in [2.45, 2.75) is 65.5 Å². The van der Waals surface area contributed by atoms with Gasteiger partial charge < -0.3 is 10.5 Å². The molecule has 1 heterocycles. The van der Waals surface area contributed by atoms with Gasteiger partial charge in [0, 0.05) is 22.9 Å². The summed E-state index contributed by atoms with van der Waals surface area (Å²) in [6.07, 6.45) is 7.91. The van der Waals surface area contributed by atoms with E-state index in [0.29, 0.717) is 6.54 Å². The molecule has 2 N–H and O–H groups in total. The number of aryl methyl sites for hydroxylation is 1. The van der Waals surface area contributed by atoms with Gasteiger partial charge in [0.15, 0.2) is 0 Å². The van der Waals surface area contributed by atoms with Gasteiger partial charge in [-0.05, 0) is 25.0 Å². The molecule has 0 unspecified atom stereocenters. The molecule has 18 heavy (non-hydrogen) atoms. The molecule has 0 aliphatic rings. The molecule has 0 spiro atoms. The van der Waals surface area contributed by atoms with Crippen molar-refractivity contribution in [3.63, 3.8) is 0 Å². The number of thiophene rings is 1. The van der Waals surface area contributed by atoms with Crippen molar-refractivity contribution in [1.29, 1.82) is 0 Å². The van der Waals surface area contributed by atoms with Crippen LogP contribution in [0.5, 0.6) is 0 Å². The first-order valence-electron chi connectivity index (χ1n) is 7.14. The van der Waals surface area contributed by atoms with Crippen LogP contribution in [0.15, 0.2) is 6.07 Å². The predicted octanol–water partition coefficient (Wildman–Crippen LogP) is 4.39. The number of hydrogen-bond donors (Lipinski definition) is 1. The van der Waals surface area contributed by atoms with Gasteiger partial charge in [0.05, 0.1) is 6.61 Å². The lowest BCUT2D eigenvalue weighted by molar-refractivity contribution is 0.116. The molecule has 0 fully saturated rings. The van der Waals surface area contributed by atoms with Crippen molar-refractivity contribution in [3.8, 4) is 0 Å². The largest absolute Gasteiger partial charge is 0.377 e.